The van der Waals surface area contributed by atoms with Crippen LogP contribution in [-0.4, -0.2) is 11.0 Å². The van der Waals surface area contributed by atoms with Crippen LogP contribution in [0.5, 0.6) is 0 Å². The van der Waals surface area contributed by atoms with Gasteiger partial charge in [0.25, 0.3) is 0 Å². The first-order valence-electron chi connectivity index (χ1n) is 6.60. The minimum Gasteiger partial charge on any atom is -0.359 e. The number of benzene rings is 1. The van der Waals surface area contributed by atoms with E-state index >= 15 is 0 Å². The maximum Gasteiger partial charge on any atom is 0.183 e. The number of anilines is 1. The molecular formula is C15H22N2S. The third-order valence-corrected chi connectivity index (χ3v) is 4.42. The third-order valence-electron chi connectivity index (χ3n) is 3.47. The average Bonchev–Trinajstić information content (AvgIpc) is 2.68. The van der Waals surface area contributed by atoms with Gasteiger partial charge in [0.15, 0.2) is 5.13 Å². The summed E-state index contributed by atoms with van der Waals surface area (Å²) in [5.41, 5.74) is 2.74. The molecule has 1 aromatic carbocycles. The van der Waals surface area contributed by atoms with E-state index in [9.17, 15) is 0 Å². The topological polar surface area (TPSA) is 24.9 Å². The van der Waals surface area contributed by atoms with Crippen molar-refractivity contribution in [2.45, 2.75) is 52.5 Å². The first-order valence-corrected chi connectivity index (χ1v) is 7.41. The summed E-state index contributed by atoms with van der Waals surface area (Å²) in [4.78, 5) is 4.61. The molecule has 0 saturated heterocycles. The Balaban J connectivity index is 2.39. The Morgan fingerprint density at radius 3 is 2.67 bits per heavy atom. The highest BCUT2D eigenvalue weighted by molar-refractivity contribution is 7.22. The quantitative estimate of drug-likeness (QED) is 0.855. The molecule has 98 valence electrons. The van der Waals surface area contributed by atoms with Crippen LogP contribution >= 0.6 is 11.3 Å². The van der Waals surface area contributed by atoms with Crippen molar-refractivity contribution >= 4 is 26.7 Å². The number of fused-ring (bicyclic) bond motifs is 1. The molecule has 0 atom stereocenters. The average molecular weight is 262 g/mol. The molecular weight excluding hydrogens is 240 g/mol. The van der Waals surface area contributed by atoms with E-state index < -0.39 is 0 Å². The van der Waals surface area contributed by atoms with E-state index in [1.165, 1.54) is 10.3 Å². The lowest BCUT2D eigenvalue weighted by Crippen LogP contribution is -2.14. The van der Waals surface area contributed by atoms with Crippen molar-refractivity contribution in [2.24, 2.45) is 0 Å². The zero-order valence-corrected chi connectivity index (χ0v) is 12.7. The van der Waals surface area contributed by atoms with Gasteiger partial charge in [-0.2, -0.15) is 0 Å². The highest BCUT2D eigenvalue weighted by Gasteiger charge is 2.18. The van der Waals surface area contributed by atoms with E-state index in [4.69, 9.17) is 0 Å². The number of hydrogen-bond donors (Lipinski definition) is 1. The van der Waals surface area contributed by atoms with Crippen LogP contribution in [-0.2, 0) is 5.41 Å². The van der Waals surface area contributed by atoms with Crippen LogP contribution in [0.1, 0.15) is 46.6 Å². The van der Waals surface area contributed by atoms with Gasteiger partial charge in [0.2, 0.25) is 0 Å². The van der Waals surface area contributed by atoms with E-state index in [1.807, 2.05) is 0 Å². The maximum atomic E-state index is 4.61. The Bertz CT molecular complexity index is 540. The number of nitrogens with one attached hydrogen (secondary N) is 1. The summed E-state index contributed by atoms with van der Waals surface area (Å²) in [6, 6.07) is 7.08. The van der Waals surface area contributed by atoms with Gasteiger partial charge in [-0.1, -0.05) is 38.2 Å². The Kier molecular flexibility index (Phi) is 3.62. The SMILES string of the molecule is CCC(C)(C)c1ccc2nc(NC(C)C)sc2c1. The summed E-state index contributed by atoms with van der Waals surface area (Å²) >= 11 is 1.74. The van der Waals surface area contributed by atoms with Crippen LogP contribution in [0.3, 0.4) is 0 Å². The lowest BCUT2D eigenvalue weighted by Gasteiger charge is -2.23. The number of thiazole rings is 1. The number of hydrogen-bond acceptors (Lipinski definition) is 3. The van der Waals surface area contributed by atoms with Crippen LogP contribution < -0.4 is 5.32 Å². The smallest absolute Gasteiger partial charge is 0.183 e. The van der Waals surface area contributed by atoms with Crippen molar-refractivity contribution in [1.29, 1.82) is 0 Å². The molecule has 2 rings (SSSR count). The minimum atomic E-state index is 0.240. The number of nitrogens with zero attached hydrogens (tertiary/aromatic N) is 1. The zero-order chi connectivity index (χ0) is 13.3. The Hall–Kier alpha value is -1.09. The van der Waals surface area contributed by atoms with Crippen LogP contribution in [0, 0.1) is 0 Å². The Labute approximate surface area is 113 Å². The fraction of sp³-hybridized carbons (Fsp3) is 0.533. The lowest BCUT2D eigenvalue weighted by atomic mass is 9.82. The Morgan fingerprint density at radius 2 is 2.06 bits per heavy atom. The van der Waals surface area contributed by atoms with Gasteiger partial charge in [-0.05, 0) is 43.4 Å². The predicted octanol–water partition coefficient (Wildman–Crippen LogP) is 4.80. The van der Waals surface area contributed by atoms with E-state index in [2.05, 4.69) is 63.1 Å². The second-order valence-corrected chi connectivity index (χ2v) is 6.77. The molecule has 0 fully saturated rings. The highest BCUT2D eigenvalue weighted by Crippen LogP contribution is 2.33. The second kappa shape index (κ2) is 4.88. The highest BCUT2D eigenvalue weighted by atomic mass is 32.1. The van der Waals surface area contributed by atoms with Crippen molar-refractivity contribution < 1.29 is 0 Å². The molecule has 0 amide bonds. The normalized spacial score (nSPS) is 12.3. The molecule has 0 radical (unpaired) electrons. The van der Waals surface area contributed by atoms with Gasteiger partial charge >= 0.3 is 0 Å². The van der Waals surface area contributed by atoms with Crippen molar-refractivity contribution in [1.82, 2.24) is 4.98 Å². The van der Waals surface area contributed by atoms with E-state index in [0.717, 1.165) is 17.1 Å². The minimum absolute atomic E-state index is 0.240. The molecule has 1 N–H and O–H groups in total. The third kappa shape index (κ3) is 2.66. The first kappa shape index (κ1) is 13.3. The van der Waals surface area contributed by atoms with Crippen LogP contribution in [0.25, 0.3) is 10.2 Å². The molecule has 0 spiro atoms. The maximum absolute atomic E-state index is 4.61. The van der Waals surface area contributed by atoms with Gasteiger partial charge in [0, 0.05) is 6.04 Å². The summed E-state index contributed by atoms with van der Waals surface area (Å²) in [5.74, 6) is 0. The van der Waals surface area contributed by atoms with E-state index in [-0.39, 0.29) is 5.41 Å². The van der Waals surface area contributed by atoms with Crippen LogP contribution in [0.4, 0.5) is 5.13 Å². The molecule has 0 aliphatic carbocycles. The fourth-order valence-electron chi connectivity index (χ4n) is 1.86. The molecule has 0 aliphatic rings. The fourth-order valence-corrected chi connectivity index (χ4v) is 2.91. The molecule has 0 saturated carbocycles. The summed E-state index contributed by atoms with van der Waals surface area (Å²) in [6.07, 6.45) is 1.15. The second-order valence-electron chi connectivity index (χ2n) is 5.74. The number of rotatable bonds is 4. The monoisotopic (exact) mass is 262 g/mol. The molecule has 1 aromatic heterocycles. The molecule has 18 heavy (non-hydrogen) atoms. The van der Waals surface area contributed by atoms with Crippen molar-refractivity contribution in [3.63, 3.8) is 0 Å². The summed E-state index contributed by atoms with van der Waals surface area (Å²) in [5, 5.41) is 4.39. The number of aromatic nitrogens is 1. The van der Waals surface area contributed by atoms with Crippen molar-refractivity contribution in [3.05, 3.63) is 23.8 Å². The standard InChI is InChI=1S/C15H22N2S/c1-6-15(4,5)11-7-8-12-13(9-11)18-14(17-12)16-10(2)3/h7-10H,6H2,1-5H3,(H,16,17). The van der Waals surface area contributed by atoms with Crippen LogP contribution in [0.2, 0.25) is 0 Å². The van der Waals surface area contributed by atoms with Gasteiger partial charge in [0.05, 0.1) is 10.2 Å². The van der Waals surface area contributed by atoms with Gasteiger partial charge in [-0.25, -0.2) is 4.98 Å². The molecule has 2 aromatic rings. The zero-order valence-electron chi connectivity index (χ0n) is 11.9. The first-order chi connectivity index (χ1) is 8.42. The van der Waals surface area contributed by atoms with E-state index in [0.29, 0.717) is 6.04 Å². The van der Waals surface area contributed by atoms with Gasteiger partial charge in [0.1, 0.15) is 0 Å². The van der Waals surface area contributed by atoms with Gasteiger partial charge in [-0.15, -0.1) is 0 Å². The molecule has 2 nitrogen and oxygen atoms in total. The molecule has 0 aliphatic heterocycles. The summed E-state index contributed by atoms with van der Waals surface area (Å²) in [6.45, 7) is 11.1. The molecule has 0 bridgehead atoms. The van der Waals surface area contributed by atoms with Crippen molar-refractivity contribution in [3.8, 4) is 0 Å². The molecule has 0 unspecified atom stereocenters. The Morgan fingerprint density at radius 1 is 1.33 bits per heavy atom. The van der Waals surface area contributed by atoms with Crippen molar-refractivity contribution in [2.75, 3.05) is 5.32 Å². The van der Waals surface area contributed by atoms with Crippen LogP contribution in [0.15, 0.2) is 18.2 Å². The summed E-state index contributed by atoms with van der Waals surface area (Å²) < 4.78 is 1.28. The lowest BCUT2D eigenvalue weighted by molar-refractivity contribution is 0.507. The molecule has 3 heteroatoms. The largest absolute Gasteiger partial charge is 0.359 e. The predicted molar refractivity (Wildman–Crippen MR) is 81.7 cm³/mol. The van der Waals surface area contributed by atoms with Gasteiger partial charge < -0.3 is 5.32 Å². The van der Waals surface area contributed by atoms with Gasteiger partial charge in [-0.3, -0.25) is 0 Å². The van der Waals surface area contributed by atoms with E-state index in [1.54, 1.807) is 11.3 Å². The summed E-state index contributed by atoms with van der Waals surface area (Å²) in [7, 11) is 0. The molecule has 1 heterocycles.